The Hall–Kier alpha value is -0.120. The molecule has 1 unspecified atom stereocenters. The Labute approximate surface area is 190 Å². The van der Waals surface area contributed by atoms with Gasteiger partial charge in [-0.15, -0.1) is 0 Å². The van der Waals surface area contributed by atoms with E-state index in [9.17, 15) is 0 Å². The van der Waals surface area contributed by atoms with Crippen molar-refractivity contribution < 1.29 is 14.9 Å². The van der Waals surface area contributed by atoms with Gasteiger partial charge in [-0.25, -0.2) is 0 Å². The predicted octanol–water partition coefficient (Wildman–Crippen LogP) is 8.20. The van der Waals surface area contributed by atoms with Crippen LogP contribution < -0.4 is 0 Å². The van der Waals surface area contributed by atoms with Crippen LogP contribution in [-0.4, -0.2) is 36.1 Å². The van der Waals surface area contributed by atoms with Crippen molar-refractivity contribution in [2.75, 3.05) is 19.8 Å². The van der Waals surface area contributed by atoms with Gasteiger partial charge in [-0.3, -0.25) is 0 Å². The molecule has 0 aromatic rings. The minimum absolute atomic E-state index is 0.139. The second-order valence-electron chi connectivity index (χ2n) is 9.01. The Morgan fingerprint density at radius 3 is 0.967 bits per heavy atom. The van der Waals surface area contributed by atoms with Crippen molar-refractivity contribution in [3.8, 4) is 0 Å². The number of hydrogen-bond donors (Lipinski definition) is 2. The standard InChI is InChI=1S/C24H50O.C3H8O2/c1-3-5-7-9-11-13-15-17-19-21-23-25-24-22-20-18-16-14-12-10-8-6-4-2;1-3(5)2-4/h3-24H2,1-2H3;3-5H,2H2,1H3. The summed E-state index contributed by atoms with van der Waals surface area (Å²) < 4.78 is 5.78. The zero-order chi connectivity index (χ0) is 22.5. The topological polar surface area (TPSA) is 49.7 Å². The van der Waals surface area contributed by atoms with Gasteiger partial charge in [0.15, 0.2) is 0 Å². The third-order valence-corrected chi connectivity index (χ3v) is 5.55. The molecule has 0 aromatic heterocycles. The molecule has 0 saturated carbocycles. The summed E-state index contributed by atoms with van der Waals surface area (Å²) in [6.07, 6.45) is 27.6. The molecule has 184 valence electrons. The maximum absolute atomic E-state index is 8.11. The average Bonchev–Trinajstić information content (AvgIpc) is 2.75. The number of ether oxygens (including phenoxy) is 1. The fourth-order valence-electron chi connectivity index (χ4n) is 3.49. The molecule has 3 nitrogen and oxygen atoms in total. The van der Waals surface area contributed by atoms with Crippen LogP contribution in [0.1, 0.15) is 149 Å². The van der Waals surface area contributed by atoms with E-state index in [0.717, 1.165) is 13.2 Å². The molecule has 0 aliphatic heterocycles. The number of unbranched alkanes of at least 4 members (excludes halogenated alkanes) is 18. The highest BCUT2D eigenvalue weighted by atomic mass is 16.5. The van der Waals surface area contributed by atoms with Gasteiger partial charge in [-0.05, 0) is 19.8 Å². The lowest BCUT2D eigenvalue weighted by Crippen LogP contribution is -2.03. The highest BCUT2D eigenvalue weighted by Crippen LogP contribution is 2.12. The van der Waals surface area contributed by atoms with Crippen LogP contribution in [-0.2, 0) is 4.74 Å². The summed E-state index contributed by atoms with van der Waals surface area (Å²) in [6, 6.07) is 0. The summed E-state index contributed by atoms with van der Waals surface area (Å²) in [6.45, 7) is 7.96. The van der Waals surface area contributed by atoms with Gasteiger partial charge in [-0.1, -0.05) is 129 Å². The Morgan fingerprint density at radius 1 is 0.500 bits per heavy atom. The van der Waals surface area contributed by atoms with E-state index in [4.69, 9.17) is 14.9 Å². The van der Waals surface area contributed by atoms with Crippen molar-refractivity contribution in [2.24, 2.45) is 0 Å². The van der Waals surface area contributed by atoms with E-state index in [0.29, 0.717) is 0 Å². The summed E-state index contributed by atoms with van der Waals surface area (Å²) in [7, 11) is 0. The van der Waals surface area contributed by atoms with Crippen molar-refractivity contribution in [1.82, 2.24) is 0 Å². The molecule has 1 atom stereocenters. The molecule has 0 fully saturated rings. The molecule has 0 aliphatic rings. The number of hydrogen-bond acceptors (Lipinski definition) is 3. The van der Waals surface area contributed by atoms with Crippen LogP contribution >= 0.6 is 0 Å². The van der Waals surface area contributed by atoms with Crippen molar-refractivity contribution in [3.05, 3.63) is 0 Å². The van der Waals surface area contributed by atoms with Crippen LogP contribution in [0.25, 0.3) is 0 Å². The number of aliphatic hydroxyl groups excluding tert-OH is 2. The van der Waals surface area contributed by atoms with Crippen LogP contribution in [0.2, 0.25) is 0 Å². The van der Waals surface area contributed by atoms with Crippen LogP contribution in [0.15, 0.2) is 0 Å². The second-order valence-corrected chi connectivity index (χ2v) is 9.01. The molecule has 0 aromatic carbocycles. The first kappa shape index (κ1) is 32.1. The van der Waals surface area contributed by atoms with Gasteiger partial charge in [0.25, 0.3) is 0 Å². The van der Waals surface area contributed by atoms with Crippen LogP contribution in [0.3, 0.4) is 0 Å². The van der Waals surface area contributed by atoms with Crippen LogP contribution in [0.5, 0.6) is 0 Å². The Bertz CT molecular complexity index is 247. The van der Waals surface area contributed by atoms with Gasteiger partial charge in [0.2, 0.25) is 0 Å². The molecule has 0 heterocycles. The first-order chi connectivity index (χ1) is 14.7. The van der Waals surface area contributed by atoms with Crippen molar-refractivity contribution in [1.29, 1.82) is 0 Å². The molecule has 3 heteroatoms. The maximum Gasteiger partial charge on any atom is 0.0742 e. The largest absolute Gasteiger partial charge is 0.394 e. The van der Waals surface area contributed by atoms with Gasteiger partial charge >= 0.3 is 0 Å². The number of rotatable bonds is 23. The minimum atomic E-state index is -0.560. The van der Waals surface area contributed by atoms with E-state index < -0.39 is 6.10 Å². The third-order valence-electron chi connectivity index (χ3n) is 5.55. The smallest absolute Gasteiger partial charge is 0.0742 e. The normalized spacial score (nSPS) is 11.9. The molecule has 30 heavy (non-hydrogen) atoms. The van der Waals surface area contributed by atoms with E-state index >= 15 is 0 Å². The van der Waals surface area contributed by atoms with Gasteiger partial charge in [0, 0.05) is 13.2 Å². The number of aliphatic hydroxyl groups is 2. The Morgan fingerprint density at radius 2 is 0.733 bits per heavy atom. The summed E-state index contributed by atoms with van der Waals surface area (Å²) in [4.78, 5) is 0. The predicted molar refractivity (Wildman–Crippen MR) is 133 cm³/mol. The molecule has 0 amide bonds. The zero-order valence-electron chi connectivity index (χ0n) is 21.1. The first-order valence-corrected chi connectivity index (χ1v) is 13.6. The van der Waals surface area contributed by atoms with E-state index in [-0.39, 0.29) is 6.61 Å². The Balaban J connectivity index is 0. The van der Waals surface area contributed by atoms with Crippen molar-refractivity contribution in [2.45, 2.75) is 155 Å². The van der Waals surface area contributed by atoms with Gasteiger partial charge in [0.1, 0.15) is 0 Å². The van der Waals surface area contributed by atoms with E-state index in [1.807, 2.05) is 0 Å². The Kier molecular flexibility index (Phi) is 33.2. The van der Waals surface area contributed by atoms with Crippen LogP contribution in [0, 0.1) is 0 Å². The highest BCUT2D eigenvalue weighted by Gasteiger charge is 1.95. The quantitative estimate of drug-likeness (QED) is 0.161. The first-order valence-electron chi connectivity index (χ1n) is 13.6. The molecule has 0 saturated heterocycles. The minimum Gasteiger partial charge on any atom is -0.394 e. The van der Waals surface area contributed by atoms with Gasteiger partial charge < -0.3 is 14.9 Å². The molecule has 0 bridgehead atoms. The monoisotopic (exact) mass is 430 g/mol. The second kappa shape index (κ2) is 31.1. The van der Waals surface area contributed by atoms with E-state index in [1.54, 1.807) is 0 Å². The molecule has 0 radical (unpaired) electrons. The molecular weight excluding hydrogens is 372 g/mol. The lowest BCUT2D eigenvalue weighted by molar-refractivity contribution is 0.110. The van der Waals surface area contributed by atoms with Crippen molar-refractivity contribution in [3.63, 3.8) is 0 Å². The molecule has 0 spiro atoms. The molecule has 0 aliphatic carbocycles. The summed E-state index contributed by atoms with van der Waals surface area (Å²) in [5.74, 6) is 0. The maximum atomic E-state index is 8.11. The van der Waals surface area contributed by atoms with E-state index in [1.165, 1.54) is 135 Å². The fraction of sp³-hybridized carbons (Fsp3) is 1.00. The summed E-state index contributed by atoms with van der Waals surface area (Å²) >= 11 is 0. The van der Waals surface area contributed by atoms with E-state index in [2.05, 4.69) is 13.8 Å². The summed E-state index contributed by atoms with van der Waals surface area (Å²) in [5.41, 5.74) is 0. The average molecular weight is 431 g/mol. The third kappa shape index (κ3) is 35.3. The van der Waals surface area contributed by atoms with Gasteiger partial charge in [0.05, 0.1) is 12.7 Å². The molecule has 2 N–H and O–H groups in total. The lowest BCUT2D eigenvalue weighted by Gasteiger charge is -2.05. The SMILES string of the molecule is CC(O)CO.CCCCCCCCCCCCOCCCCCCCCCCCC. The van der Waals surface area contributed by atoms with Gasteiger partial charge in [-0.2, -0.15) is 0 Å². The highest BCUT2D eigenvalue weighted by molar-refractivity contribution is 4.49. The summed E-state index contributed by atoms with van der Waals surface area (Å²) in [5, 5.41) is 16.0. The van der Waals surface area contributed by atoms with Crippen LogP contribution in [0.4, 0.5) is 0 Å². The zero-order valence-corrected chi connectivity index (χ0v) is 21.1. The molecule has 0 rings (SSSR count). The lowest BCUT2D eigenvalue weighted by atomic mass is 10.1. The van der Waals surface area contributed by atoms with Crippen molar-refractivity contribution >= 4 is 0 Å². The fourth-order valence-corrected chi connectivity index (χ4v) is 3.49. The molecular formula is C27H58O3.